The number of aryl methyl sites for hydroxylation is 2. The molecule has 0 saturated heterocycles. The summed E-state index contributed by atoms with van der Waals surface area (Å²) < 4.78 is 5.49. The van der Waals surface area contributed by atoms with Crippen molar-refractivity contribution >= 4 is 0 Å². The Labute approximate surface area is 108 Å². The maximum atomic E-state index is 5.49. The lowest BCUT2D eigenvalue weighted by Gasteiger charge is -2.06. The standard InChI is InChI=1S/C15H17NO.H3N/c1-2-17-15-7-3-5-13(11-15)8-9-14-6-4-10-16-12-14;/h3-7,10-12H,2,8-9H2,1H3;1H3. The van der Waals surface area contributed by atoms with Crippen LogP contribution in [0.4, 0.5) is 0 Å². The van der Waals surface area contributed by atoms with E-state index in [0.29, 0.717) is 6.61 Å². The van der Waals surface area contributed by atoms with Gasteiger partial charge in [0, 0.05) is 12.4 Å². The number of aromatic nitrogens is 1. The van der Waals surface area contributed by atoms with Gasteiger partial charge in [-0.1, -0.05) is 18.2 Å². The first-order chi connectivity index (χ1) is 8.38. The van der Waals surface area contributed by atoms with Gasteiger partial charge in [-0.2, -0.15) is 0 Å². The van der Waals surface area contributed by atoms with Crippen molar-refractivity contribution in [2.45, 2.75) is 19.8 Å². The summed E-state index contributed by atoms with van der Waals surface area (Å²) in [4.78, 5) is 4.12. The predicted octanol–water partition coefficient (Wildman–Crippen LogP) is 3.43. The number of hydrogen-bond acceptors (Lipinski definition) is 3. The molecule has 0 aliphatic rings. The highest BCUT2D eigenvalue weighted by atomic mass is 16.5. The summed E-state index contributed by atoms with van der Waals surface area (Å²) in [6, 6.07) is 12.4. The fraction of sp³-hybridized carbons (Fsp3) is 0.267. The zero-order valence-electron chi connectivity index (χ0n) is 10.8. The van der Waals surface area contributed by atoms with Gasteiger partial charge in [0.1, 0.15) is 5.75 Å². The van der Waals surface area contributed by atoms with Crippen LogP contribution in [0.2, 0.25) is 0 Å². The Hall–Kier alpha value is -1.87. The number of pyridine rings is 1. The summed E-state index contributed by atoms with van der Waals surface area (Å²) in [5.41, 5.74) is 2.58. The minimum Gasteiger partial charge on any atom is -0.494 e. The van der Waals surface area contributed by atoms with E-state index in [1.807, 2.05) is 31.3 Å². The molecule has 0 unspecified atom stereocenters. The molecule has 3 nitrogen and oxygen atoms in total. The van der Waals surface area contributed by atoms with Crippen LogP contribution < -0.4 is 10.9 Å². The summed E-state index contributed by atoms with van der Waals surface area (Å²) >= 11 is 0. The molecule has 0 amide bonds. The van der Waals surface area contributed by atoms with Crippen molar-refractivity contribution in [3.05, 3.63) is 59.9 Å². The van der Waals surface area contributed by atoms with Crippen molar-refractivity contribution in [1.29, 1.82) is 0 Å². The van der Waals surface area contributed by atoms with Crippen LogP contribution in [0.3, 0.4) is 0 Å². The average Bonchev–Trinajstić information content (AvgIpc) is 2.39. The number of hydrogen-bond donors (Lipinski definition) is 1. The van der Waals surface area contributed by atoms with Gasteiger partial charge in [0.2, 0.25) is 0 Å². The molecule has 0 fully saturated rings. The Morgan fingerprint density at radius 2 is 1.83 bits per heavy atom. The Balaban J connectivity index is 0.00000162. The van der Waals surface area contributed by atoms with E-state index >= 15 is 0 Å². The molecule has 3 heteroatoms. The third-order valence-corrected chi connectivity index (χ3v) is 2.63. The van der Waals surface area contributed by atoms with Crippen molar-refractivity contribution in [3.8, 4) is 5.75 Å². The molecule has 0 aliphatic heterocycles. The van der Waals surface area contributed by atoms with Crippen LogP contribution in [0, 0.1) is 0 Å². The summed E-state index contributed by atoms with van der Waals surface area (Å²) in [5.74, 6) is 0.955. The molecule has 18 heavy (non-hydrogen) atoms. The number of benzene rings is 1. The van der Waals surface area contributed by atoms with Crippen LogP contribution in [0.1, 0.15) is 18.1 Å². The highest BCUT2D eigenvalue weighted by molar-refractivity contribution is 5.29. The highest BCUT2D eigenvalue weighted by Crippen LogP contribution is 2.15. The van der Waals surface area contributed by atoms with Gasteiger partial charge in [0.25, 0.3) is 0 Å². The molecule has 2 rings (SSSR count). The van der Waals surface area contributed by atoms with Gasteiger partial charge in [-0.25, -0.2) is 0 Å². The normalized spacial score (nSPS) is 9.61. The molecule has 0 aliphatic carbocycles. The minimum atomic E-state index is 0. The van der Waals surface area contributed by atoms with Crippen LogP contribution in [0.15, 0.2) is 48.8 Å². The van der Waals surface area contributed by atoms with Crippen LogP contribution in [-0.4, -0.2) is 11.6 Å². The quantitative estimate of drug-likeness (QED) is 0.876. The van der Waals surface area contributed by atoms with Gasteiger partial charge in [-0.15, -0.1) is 0 Å². The highest BCUT2D eigenvalue weighted by Gasteiger charge is 1.98. The van der Waals surface area contributed by atoms with Gasteiger partial charge in [-0.3, -0.25) is 4.98 Å². The molecule has 1 aromatic carbocycles. The monoisotopic (exact) mass is 244 g/mol. The van der Waals surface area contributed by atoms with E-state index in [4.69, 9.17) is 4.74 Å². The van der Waals surface area contributed by atoms with Crippen molar-refractivity contribution in [2.75, 3.05) is 6.61 Å². The lowest BCUT2D eigenvalue weighted by atomic mass is 10.1. The van der Waals surface area contributed by atoms with Crippen molar-refractivity contribution in [2.24, 2.45) is 0 Å². The molecule has 0 radical (unpaired) electrons. The average molecular weight is 244 g/mol. The first-order valence-corrected chi connectivity index (χ1v) is 5.99. The second-order valence-electron chi connectivity index (χ2n) is 3.94. The van der Waals surface area contributed by atoms with Crippen LogP contribution in [0.25, 0.3) is 0 Å². The molecule has 0 spiro atoms. The Bertz CT molecular complexity index is 457. The van der Waals surface area contributed by atoms with Crippen LogP contribution in [0.5, 0.6) is 5.75 Å². The smallest absolute Gasteiger partial charge is 0.119 e. The third kappa shape index (κ3) is 4.18. The van der Waals surface area contributed by atoms with Crippen LogP contribution >= 0.6 is 0 Å². The fourth-order valence-electron chi connectivity index (χ4n) is 1.79. The molecule has 0 saturated carbocycles. The molecule has 0 atom stereocenters. The van der Waals surface area contributed by atoms with Crippen molar-refractivity contribution in [1.82, 2.24) is 11.1 Å². The largest absolute Gasteiger partial charge is 0.494 e. The lowest BCUT2D eigenvalue weighted by Crippen LogP contribution is -1.95. The van der Waals surface area contributed by atoms with E-state index in [-0.39, 0.29) is 6.15 Å². The van der Waals surface area contributed by atoms with E-state index in [9.17, 15) is 0 Å². The summed E-state index contributed by atoms with van der Waals surface area (Å²) in [5, 5.41) is 0. The first kappa shape index (κ1) is 14.2. The molecule has 96 valence electrons. The Morgan fingerprint density at radius 3 is 2.56 bits per heavy atom. The molecule has 2 aromatic rings. The van der Waals surface area contributed by atoms with E-state index in [1.165, 1.54) is 11.1 Å². The number of ether oxygens (including phenoxy) is 1. The number of nitrogens with zero attached hydrogens (tertiary/aromatic N) is 1. The van der Waals surface area contributed by atoms with Crippen molar-refractivity contribution < 1.29 is 4.74 Å². The maximum Gasteiger partial charge on any atom is 0.119 e. The van der Waals surface area contributed by atoms with Gasteiger partial charge >= 0.3 is 0 Å². The van der Waals surface area contributed by atoms with E-state index in [0.717, 1.165) is 18.6 Å². The second kappa shape index (κ2) is 7.45. The van der Waals surface area contributed by atoms with Crippen LogP contribution in [-0.2, 0) is 12.8 Å². The molecular weight excluding hydrogens is 224 g/mol. The first-order valence-electron chi connectivity index (χ1n) is 5.99. The van der Waals surface area contributed by atoms with Crippen molar-refractivity contribution in [3.63, 3.8) is 0 Å². The molecule has 1 aromatic heterocycles. The lowest BCUT2D eigenvalue weighted by molar-refractivity contribution is 0.340. The molecule has 0 bridgehead atoms. The Morgan fingerprint density at radius 1 is 1.06 bits per heavy atom. The summed E-state index contributed by atoms with van der Waals surface area (Å²) in [7, 11) is 0. The molecule has 1 heterocycles. The van der Waals surface area contributed by atoms with Gasteiger partial charge in [0.15, 0.2) is 0 Å². The van der Waals surface area contributed by atoms with Gasteiger partial charge < -0.3 is 10.9 Å². The zero-order valence-corrected chi connectivity index (χ0v) is 10.8. The van der Waals surface area contributed by atoms with Gasteiger partial charge in [-0.05, 0) is 49.1 Å². The SMILES string of the molecule is CCOc1cccc(CCc2cccnc2)c1.N. The Kier molecular flexibility index (Phi) is 5.88. The third-order valence-electron chi connectivity index (χ3n) is 2.63. The second-order valence-corrected chi connectivity index (χ2v) is 3.94. The molecule has 3 N–H and O–H groups in total. The topological polar surface area (TPSA) is 57.1 Å². The zero-order chi connectivity index (χ0) is 11.9. The minimum absolute atomic E-state index is 0. The summed E-state index contributed by atoms with van der Waals surface area (Å²) in [6.45, 7) is 2.72. The summed E-state index contributed by atoms with van der Waals surface area (Å²) in [6.07, 6.45) is 5.77. The van der Waals surface area contributed by atoms with Gasteiger partial charge in [0.05, 0.1) is 6.61 Å². The van der Waals surface area contributed by atoms with E-state index in [1.54, 1.807) is 6.20 Å². The van der Waals surface area contributed by atoms with E-state index in [2.05, 4.69) is 23.2 Å². The number of rotatable bonds is 5. The predicted molar refractivity (Wildman–Crippen MR) is 74.3 cm³/mol. The maximum absolute atomic E-state index is 5.49. The molecular formula is C15H20N2O. The van der Waals surface area contributed by atoms with E-state index < -0.39 is 0 Å². The fourth-order valence-corrected chi connectivity index (χ4v) is 1.79.